The van der Waals surface area contributed by atoms with Gasteiger partial charge in [-0.25, -0.2) is 0 Å². The Morgan fingerprint density at radius 1 is 1.62 bits per heavy atom. The molecule has 0 saturated carbocycles. The largest absolute Gasteiger partial charge is 0.316 e. The van der Waals surface area contributed by atoms with Crippen LogP contribution in [0.3, 0.4) is 0 Å². The Morgan fingerprint density at radius 3 is 3.23 bits per heavy atom. The van der Waals surface area contributed by atoms with E-state index in [4.69, 9.17) is 0 Å². The highest BCUT2D eigenvalue weighted by Gasteiger charge is 2.19. The zero-order valence-corrected chi connectivity index (χ0v) is 8.55. The Labute approximate surface area is 81.0 Å². The molecular weight excluding hydrogens is 160 g/mol. The third-order valence-electron chi connectivity index (χ3n) is 3.09. The third kappa shape index (κ3) is 2.55. The van der Waals surface area contributed by atoms with Crippen molar-refractivity contribution in [3.8, 4) is 0 Å². The molecule has 0 radical (unpaired) electrons. The van der Waals surface area contributed by atoms with Crippen molar-refractivity contribution in [1.29, 1.82) is 0 Å². The van der Waals surface area contributed by atoms with E-state index in [0.717, 1.165) is 5.92 Å². The lowest BCUT2D eigenvalue weighted by Gasteiger charge is -2.28. The Morgan fingerprint density at radius 2 is 2.54 bits per heavy atom. The maximum Gasteiger partial charge on any atom is 0.0190 e. The number of nitrogens with one attached hydrogen (secondary N) is 1. The summed E-state index contributed by atoms with van der Waals surface area (Å²) in [6.45, 7) is 8.49. The summed E-state index contributed by atoms with van der Waals surface area (Å²) in [5.74, 6) is 0.908. The van der Waals surface area contributed by atoms with Crippen molar-refractivity contribution in [3.63, 3.8) is 0 Å². The summed E-state index contributed by atoms with van der Waals surface area (Å²) in [7, 11) is 0. The van der Waals surface area contributed by atoms with Crippen LogP contribution in [0.4, 0.5) is 0 Å². The van der Waals surface area contributed by atoms with E-state index in [1.165, 1.54) is 45.6 Å². The van der Waals surface area contributed by atoms with Crippen molar-refractivity contribution in [3.05, 3.63) is 11.6 Å². The summed E-state index contributed by atoms with van der Waals surface area (Å²) in [4.78, 5) is 2.60. The van der Waals surface area contributed by atoms with Gasteiger partial charge in [0.1, 0.15) is 0 Å². The SMILES string of the molecule is CC1=CCCN(CC2CCNC2)C1. The van der Waals surface area contributed by atoms with Crippen molar-refractivity contribution in [1.82, 2.24) is 10.2 Å². The lowest BCUT2D eigenvalue weighted by atomic mass is 10.1. The van der Waals surface area contributed by atoms with E-state index in [0.29, 0.717) is 0 Å². The minimum atomic E-state index is 0.908. The van der Waals surface area contributed by atoms with Crippen molar-refractivity contribution >= 4 is 0 Å². The molecule has 13 heavy (non-hydrogen) atoms. The molecule has 0 amide bonds. The van der Waals surface area contributed by atoms with Crippen LogP contribution >= 0.6 is 0 Å². The number of hydrogen-bond acceptors (Lipinski definition) is 2. The maximum absolute atomic E-state index is 3.43. The highest BCUT2D eigenvalue weighted by molar-refractivity contribution is 5.04. The number of hydrogen-bond donors (Lipinski definition) is 1. The van der Waals surface area contributed by atoms with Gasteiger partial charge in [0.25, 0.3) is 0 Å². The van der Waals surface area contributed by atoms with E-state index in [9.17, 15) is 0 Å². The standard InChI is InChI=1S/C11H20N2/c1-10-3-2-6-13(8-10)9-11-4-5-12-7-11/h3,11-12H,2,4-9H2,1H3. The minimum Gasteiger partial charge on any atom is -0.316 e. The summed E-state index contributed by atoms with van der Waals surface area (Å²) in [5.41, 5.74) is 1.55. The Bertz CT molecular complexity index is 192. The first-order chi connectivity index (χ1) is 6.34. The van der Waals surface area contributed by atoms with Gasteiger partial charge in [0.2, 0.25) is 0 Å². The monoisotopic (exact) mass is 180 g/mol. The van der Waals surface area contributed by atoms with Crippen LogP contribution in [0, 0.1) is 5.92 Å². The van der Waals surface area contributed by atoms with Gasteiger partial charge in [-0.3, -0.25) is 4.90 Å². The fraction of sp³-hybridized carbons (Fsp3) is 0.818. The molecule has 2 nitrogen and oxygen atoms in total. The first-order valence-corrected chi connectivity index (χ1v) is 5.43. The summed E-state index contributed by atoms with van der Waals surface area (Å²) < 4.78 is 0. The van der Waals surface area contributed by atoms with Gasteiger partial charge in [0, 0.05) is 19.6 Å². The Hall–Kier alpha value is -0.340. The van der Waals surface area contributed by atoms with E-state index in [1.807, 2.05) is 0 Å². The zero-order valence-electron chi connectivity index (χ0n) is 8.55. The van der Waals surface area contributed by atoms with Crippen molar-refractivity contribution < 1.29 is 0 Å². The van der Waals surface area contributed by atoms with Gasteiger partial charge in [-0.2, -0.15) is 0 Å². The van der Waals surface area contributed by atoms with Crippen molar-refractivity contribution in [2.24, 2.45) is 5.92 Å². The van der Waals surface area contributed by atoms with Gasteiger partial charge in [-0.05, 0) is 38.8 Å². The number of rotatable bonds is 2. The highest BCUT2D eigenvalue weighted by atomic mass is 15.1. The van der Waals surface area contributed by atoms with E-state index in [-0.39, 0.29) is 0 Å². The third-order valence-corrected chi connectivity index (χ3v) is 3.09. The van der Waals surface area contributed by atoms with Gasteiger partial charge < -0.3 is 5.32 Å². The topological polar surface area (TPSA) is 15.3 Å². The molecule has 1 fully saturated rings. The fourth-order valence-electron chi connectivity index (χ4n) is 2.38. The lowest BCUT2D eigenvalue weighted by molar-refractivity contribution is 0.250. The molecule has 1 saturated heterocycles. The average molecular weight is 180 g/mol. The van der Waals surface area contributed by atoms with Crippen molar-refractivity contribution in [2.75, 3.05) is 32.7 Å². The molecule has 0 aromatic heterocycles. The molecule has 0 aliphatic carbocycles. The number of nitrogens with zero attached hydrogens (tertiary/aromatic N) is 1. The molecule has 1 N–H and O–H groups in total. The molecule has 0 aromatic rings. The summed E-state index contributed by atoms with van der Waals surface area (Å²) >= 11 is 0. The molecular formula is C11H20N2. The van der Waals surface area contributed by atoms with Gasteiger partial charge in [0.15, 0.2) is 0 Å². The Kier molecular flexibility index (Phi) is 3.01. The molecule has 0 spiro atoms. The second-order valence-corrected chi connectivity index (χ2v) is 4.43. The van der Waals surface area contributed by atoms with Crippen LogP contribution in [-0.2, 0) is 0 Å². The van der Waals surface area contributed by atoms with Crippen molar-refractivity contribution in [2.45, 2.75) is 19.8 Å². The molecule has 2 rings (SSSR count). The van der Waals surface area contributed by atoms with Crippen LogP contribution in [0.2, 0.25) is 0 Å². The Balaban J connectivity index is 1.78. The van der Waals surface area contributed by atoms with E-state index in [1.54, 1.807) is 5.57 Å². The highest BCUT2D eigenvalue weighted by Crippen LogP contribution is 2.14. The summed E-state index contributed by atoms with van der Waals surface area (Å²) in [6.07, 6.45) is 5.01. The molecule has 2 heterocycles. The van der Waals surface area contributed by atoms with Crippen LogP contribution < -0.4 is 5.32 Å². The predicted molar refractivity (Wildman–Crippen MR) is 55.8 cm³/mol. The van der Waals surface area contributed by atoms with E-state index < -0.39 is 0 Å². The maximum atomic E-state index is 3.43. The first-order valence-electron chi connectivity index (χ1n) is 5.43. The molecule has 74 valence electrons. The fourth-order valence-corrected chi connectivity index (χ4v) is 2.38. The lowest BCUT2D eigenvalue weighted by Crippen LogP contribution is -2.34. The second-order valence-electron chi connectivity index (χ2n) is 4.43. The smallest absolute Gasteiger partial charge is 0.0190 e. The van der Waals surface area contributed by atoms with Gasteiger partial charge in [-0.1, -0.05) is 11.6 Å². The van der Waals surface area contributed by atoms with E-state index >= 15 is 0 Å². The molecule has 2 aliphatic rings. The average Bonchev–Trinajstić information content (AvgIpc) is 2.57. The van der Waals surface area contributed by atoms with Gasteiger partial charge >= 0.3 is 0 Å². The van der Waals surface area contributed by atoms with Crippen LogP contribution in [0.5, 0.6) is 0 Å². The zero-order chi connectivity index (χ0) is 9.10. The van der Waals surface area contributed by atoms with Crippen LogP contribution in [-0.4, -0.2) is 37.6 Å². The predicted octanol–water partition coefficient (Wildman–Crippen LogP) is 1.25. The van der Waals surface area contributed by atoms with E-state index in [2.05, 4.69) is 23.2 Å². The van der Waals surface area contributed by atoms with Gasteiger partial charge in [0.05, 0.1) is 0 Å². The molecule has 2 aliphatic heterocycles. The normalized spacial score (nSPS) is 30.5. The second kappa shape index (κ2) is 4.25. The molecule has 1 atom stereocenters. The minimum absolute atomic E-state index is 0.908. The molecule has 0 aromatic carbocycles. The molecule has 2 heteroatoms. The van der Waals surface area contributed by atoms with Crippen LogP contribution in [0.25, 0.3) is 0 Å². The quantitative estimate of drug-likeness (QED) is 0.643. The molecule has 0 bridgehead atoms. The summed E-state index contributed by atoms with van der Waals surface area (Å²) in [6, 6.07) is 0. The van der Waals surface area contributed by atoms with Crippen LogP contribution in [0.1, 0.15) is 19.8 Å². The van der Waals surface area contributed by atoms with Gasteiger partial charge in [-0.15, -0.1) is 0 Å². The summed E-state index contributed by atoms with van der Waals surface area (Å²) in [5, 5.41) is 3.43. The van der Waals surface area contributed by atoms with Crippen LogP contribution in [0.15, 0.2) is 11.6 Å². The first kappa shape index (κ1) is 9.22. The molecule has 1 unspecified atom stereocenters.